The van der Waals surface area contributed by atoms with E-state index >= 15 is 0 Å². The van der Waals surface area contributed by atoms with Crippen molar-refractivity contribution >= 4 is 17.5 Å². The molecular formula is C15H13ClFNO. The molecular weight excluding hydrogens is 265 g/mol. The van der Waals surface area contributed by atoms with Crippen molar-refractivity contribution in [1.82, 2.24) is 5.32 Å². The van der Waals surface area contributed by atoms with Gasteiger partial charge in [0.2, 0.25) is 0 Å². The number of rotatable bonds is 4. The van der Waals surface area contributed by atoms with E-state index in [0.717, 1.165) is 5.56 Å². The second-order valence-electron chi connectivity index (χ2n) is 4.14. The van der Waals surface area contributed by atoms with Crippen LogP contribution in [0.2, 0.25) is 5.02 Å². The van der Waals surface area contributed by atoms with Crippen LogP contribution in [-0.4, -0.2) is 12.5 Å². The Balaban J connectivity index is 1.84. The highest BCUT2D eigenvalue weighted by molar-refractivity contribution is 6.30. The normalized spacial score (nSPS) is 10.2. The fraction of sp³-hybridized carbons (Fsp3) is 0.133. The maximum Gasteiger partial charge on any atom is 0.251 e. The summed E-state index contributed by atoms with van der Waals surface area (Å²) in [6, 6.07) is 13.0. The summed E-state index contributed by atoms with van der Waals surface area (Å²) >= 11 is 5.75. The van der Waals surface area contributed by atoms with Crippen molar-refractivity contribution in [3.8, 4) is 0 Å². The molecule has 0 unspecified atom stereocenters. The Labute approximate surface area is 116 Å². The molecule has 98 valence electrons. The molecule has 0 bridgehead atoms. The van der Waals surface area contributed by atoms with Crippen LogP contribution in [0.5, 0.6) is 0 Å². The molecule has 0 saturated heterocycles. The largest absolute Gasteiger partial charge is 0.352 e. The molecule has 0 aliphatic rings. The average molecular weight is 278 g/mol. The molecule has 0 aromatic heterocycles. The lowest BCUT2D eigenvalue weighted by molar-refractivity contribution is 0.0954. The Morgan fingerprint density at radius 3 is 2.32 bits per heavy atom. The first kappa shape index (κ1) is 13.6. The van der Waals surface area contributed by atoms with Gasteiger partial charge < -0.3 is 5.32 Å². The summed E-state index contributed by atoms with van der Waals surface area (Å²) in [7, 11) is 0. The van der Waals surface area contributed by atoms with Gasteiger partial charge in [0.1, 0.15) is 5.82 Å². The SMILES string of the molecule is O=C(NCCc1ccc(F)cc1)c1ccc(Cl)cc1. The lowest BCUT2D eigenvalue weighted by Crippen LogP contribution is -2.25. The molecule has 1 amide bonds. The van der Waals surface area contributed by atoms with Crippen LogP contribution in [0.4, 0.5) is 4.39 Å². The van der Waals surface area contributed by atoms with Gasteiger partial charge in [0.25, 0.3) is 5.91 Å². The Morgan fingerprint density at radius 2 is 1.68 bits per heavy atom. The maximum atomic E-state index is 12.7. The van der Waals surface area contributed by atoms with Crippen LogP contribution in [0.25, 0.3) is 0 Å². The molecule has 2 nitrogen and oxygen atoms in total. The Morgan fingerprint density at radius 1 is 1.05 bits per heavy atom. The van der Waals surface area contributed by atoms with Crippen LogP contribution >= 0.6 is 11.6 Å². The zero-order chi connectivity index (χ0) is 13.7. The van der Waals surface area contributed by atoms with Crippen LogP contribution in [-0.2, 0) is 6.42 Å². The molecule has 0 aliphatic heterocycles. The molecule has 1 N–H and O–H groups in total. The van der Waals surface area contributed by atoms with Gasteiger partial charge in [0.15, 0.2) is 0 Å². The van der Waals surface area contributed by atoms with E-state index in [9.17, 15) is 9.18 Å². The van der Waals surface area contributed by atoms with E-state index in [1.165, 1.54) is 12.1 Å². The van der Waals surface area contributed by atoms with Gasteiger partial charge in [-0.3, -0.25) is 4.79 Å². The summed E-state index contributed by atoms with van der Waals surface area (Å²) in [5.41, 5.74) is 1.56. The molecule has 2 aromatic rings. The number of hydrogen-bond acceptors (Lipinski definition) is 1. The van der Waals surface area contributed by atoms with Crippen molar-refractivity contribution in [2.45, 2.75) is 6.42 Å². The minimum Gasteiger partial charge on any atom is -0.352 e. The Kier molecular flexibility index (Phi) is 4.53. The number of carbonyl (C=O) groups excluding carboxylic acids is 1. The third-order valence-corrected chi connectivity index (χ3v) is 2.97. The van der Waals surface area contributed by atoms with E-state index in [0.29, 0.717) is 23.6 Å². The summed E-state index contributed by atoms with van der Waals surface area (Å²) in [5, 5.41) is 3.41. The second kappa shape index (κ2) is 6.34. The van der Waals surface area contributed by atoms with Gasteiger partial charge in [0, 0.05) is 17.1 Å². The minimum atomic E-state index is -0.256. The standard InChI is InChI=1S/C15H13ClFNO/c16-13-5-3-12(4-6-13)15(19)18-10-9-11-1-7-14(17)8-2-11/h1-8H,9-10H2,(H,18,19). The van der Waals surface area contributed by atoms with Crippen molar-refractivity contribution in [2.75, 3.05) is 6.54 Å². The van der Waals surface area contributed by atoms with Crippen LogP contribution < -0.4 is 5.32 Å². The summed E-state index contributed by atoms with van der Waals surface area (Å²) in [6.07, 6.45) is 0.666. The summed E-state index contributed by atoms with van der Waals surface area (Å²) < 4.78 is 12.7. The number of amides is 1. The predicted octanol–water partition coefficient (Wildman–Crippen LogP) is 3.45. The van der Waals surface area contributed by atoms with Gasteiger partial charge in [-0.2, -0.15) is 0 Å². The number of benzene rings is 2. The van der Waals surface area contributed by atoms with Gasteiger partial charge >= 0.3 is 0 Å². The van der Waals surface area contributed by atoms with Crippen molar-refractivity contribution < 1.29 is 9.18 Å². The van der Waals surface area contributed by atoms with Gasteiger partial charge in [-0.15, -0.1) is 0 Å². The van der Waals surface area contributed by atoms with E-state index in [1.807, 2.05) is 0 Å². The van der Waals surface area contributed by atoms with Crippen molar-refractivity contribution in [2.24, 2.45) is 0 Å². The molecule has 4 heteroatoms. The van der Waals surface area contributed by atoms with Crippen molar-refractivity contribution in [1.29, 1.82) is 0 Å². The topological polar surface area (TPSA) is 29.1 Å². The van der Waals surface area contributed by atoms with Crippen LogP contribution in [0.3, 0.4) is 0 Å². The van der Waals surface area contributed by atoms with Crippen molar-refractivity contribution in [3.05, 3.63) is 70.5 Å². The van der Waals surface area contributed by atoms with Gasteiger partial charge in [-0.25, -0.2) is 4.39 Å². The van der Waals surface area contributed by atoms with E-state index in [-0.39, 0.29) is 11.7 Å². The zero-order valence-electron chi connectivity index (χ0n) is 10.2. The lowest BCUT2D eigenvalue weighted by Gasteiger charge is -2.05. The van der Waals surface area contributed by atoms with E-state index in [1.54, 1.807) is 36.4 Å². The quantitative estimate of drug-likeness (QED) is 0.911. The van der Waals surface area contributed by atoms with Gasteiger partial charge in [0.05, 0.1) is 0 Å². The highest BCUT2D eigenvalue weighted by Crippen LogP contribution is 2.09. The Bertz CT molecular complexity index is 551. The van der Waals surface area contributed by atoms with Crippen LogP contribution in [0.1, 0.15) is 15.9 Å². The summed E-state index contributed by atoms with van der Waals surface area (Å²) in [5.74, 6) is -0.396. The molecule has 0 heterocycles. The molecule has 2 aromatic carbocycles. The maximum absolute atomic E-state index is 12.7. The van der Waals surface area contributed by atoms with Gasteiger partial charge in [-0.1, -0.05) is 23.7 Å². The molecule has 19 heavy (non-hydrogen) atoms. The molecule has 0 spiro atoms. The van der Waals surface area contributed by atoms with Crippen molar-refractivity contribution in [3.63, 3.8) is 0 Å². The van der Waals surface area contributed by atoms with E-state index < -0.39 is 0 Å². The highest BCUT2D eigenvalue weighted by atomic mass is 35.5. The fourth-order valence-electron chi connectivity index (χ4n) is 1.67. The molecule has 0 aliphatic carbocycles. The number of nitrogens with one attached hydrogen (secondary N) is 1. The third-order valence-electron chi connectivity index (χ3n) is 2.72. The van der Waals surface area contributed by atoms with Crippen LogP contribution in [0.15, 0.2) is 48.5 Å². The highest BCUT2D eigenvalue weighted by Gasteiger charge is 2.04. The van der Waals surface area contributed by atoms with Crippen LogP contribution in [0, 0.1) is 5.82 Å². The first-order valence-electron chi connectivity index (χ1n) is 5.93. The molecule has 2 rings (SSSR count). The number of hydrogen-bond donors (Lipinski definition) is 1. The average Bonchev–Trinajstić information content (AvgIpc) is 2.41. The van der Waals surface area contributed by atoms with Gasteiger partial charge in [-0.05, 0) is 48.4 Å². The second-order valence-corrected chi connectivity index (χ2v) is 4.58. The first-order valence-corrected chi connectivity index (χ1v) is 6.31. The molecule has 0 saturated carbocycles. The summed E-state index contributed by atoms with van der Waals surface area (Å²) in [4.78, 5) is 11.8. The smallest absolute Gasteiger partial charge is 0.251 e. The summed E-state index contributed by atoms with van der Waals surface area (Å²) in [6.45, 7) is 0.507. The molecule has 0 radical (unpaired) electrons. The lowest BCUT2D eigenvalue weighted by atomic mass is 10.1. The first-order chi connectivity index (χ1) is 9.15. The predicted molar refractivity (Wildman–Crippen MR) is 73.9 cm³/mol. The number of carbonyl (C=O) groups is 1. The minimum absolute atomic E-state index is 0.140. The molecule has 0 atom stereocenters. The fourth-order valence-corrected chi connectivity index (χ4v) is 1.80. The third kappa shape index (κ3) is 4.07. The molecule has 0 fully saturated rings. The Hall–Kier alpha value is -1.87. The van der Waals surface area contributed by atoms with E-state index in [2.05, 4.69) is 5.32 Å². The zero-order valence-corrected chi connectivity index (χ0v) is 11.0. The van der Waals surface area contributed by atoms with E-state index in [4.69, 9.17) is 11.6 Å². The monoisotopic (exact) mass is 277 g/mol. The number of halogens is 2.